The molecular formula is C12H16N2O4. The fraction of sp³-hybridized carbons (Fsp3) is 0.333. The van der Waals surface area contributed by atoms with Gasteiger partial charge in [0.05, 0.1) is 13.7 Å². The number of aldehydes is 1. The average molecular weight is 252 g/mol. The van der Waals surface area contributed by atoms with Crippen LogP contribution in [0, 0.1) is 0 Å². The number of ether oxygens (including phenoxy) is 1. The highest BCUT2D eigenvalue weighted by Gasteiger charge is 2.19. The molecule has 0 fully saturated rings. The van der Waals surface area contributed by atoms with Gasteiger partial charge < -0.3 is 9.53 Å². The molecule has 0 aliphatic rings. The smallest absolute Gasteiger partial charge is 0.427 e. The highest BCUT2D eigenvalue weighted by atomic mass is 16.7. The van der Waals surface area contributed by atoms with E-state index in [1.807, 2.05) is 30.3 Å². The molecule has 0 unspecified atom stereocenters. The largest absolute Gasteiger partial charge is 0.444 e. The van der Waals surface area contributed by atoms with Crippen molar-refractivity contribution in [3.8, 4) is 0 Å². The van der Waals surface area contributed by atoms with Crippen LogP contribution in [0.25, 0.3) is 0 Å². The Bertz CT molecular complexity index is 383. The van der Waals surface area contributed by atoms with Gasteiger partial charge in [0.1, 0.15) is 12.9 Å². The number of amides is 1. The number of hydroxylamine groups is 1. The number of rotatable bonds is 6. The van der Waals surface area contributed by atoms with E-state index in [2.05, 4.69) is 0 Å². The molecule has 1 rings (SSSR count). The summed E-state index contributed by atoms with van der Waals surface area (Å²) in [5.41, 5.74) is 0.872. The van der Waals surface area contributed by atoms with E-state index >= 15 is 0 Å². The molecule has 0 aliphatic carbocycles. The van der Waals surface area contributed by atoms with Gasteiger partial charge in [0.15, 0.2) is 0 Å². The van der Waals surface area contributed by atoms with Gasteiger partial charge in [-0.15, -0.1) is 0 Å². The van der Waals surface area contributed by atoms with Crippen molar-refractivity contribution in [3.63, 3.8) is 0 Å². The highest BCUT2D eigenvalue weighted by molar-refractivity contribution is 5.70. The molecule has 0 atom stereocenters. The SMILES string of the molecule is CON(C)N(CC=O)C(=O)OCc1ccccc1. The summed E-state index contributed by atoms with van der Waals surface area (Å²) in [6.45, 7) is 0.0184. The standard InChI is InChI=1S/C12H16N2O4/c1-13(17-2)14(8-9-15)12(16)18-10-11-6-4-3-5-7-11/h3-7,9H,8,10H2,1-2H3. The first-order chi connectivity index (χ1) is 8.69. The van der Waals surface area contributed by atoms with Crippen LogP contribution in [0.2, 0.25) is 0 Å². The van der Waals surface area contributed by atoms with Crippen LogP contribution in [-0.2, 0) is 21.0 Å². The molecule has 0 radical (unpaired) electrons. The summed E-state index contributed by atoms with van der Waals surface area (Å²) in [6.07, 6.45) is -0.0467. The number of hydrazine groups is 1. The van der Waals surface area contributed by atoms with Crippen LogP contribution < -0.4 is 0 Å². The normalized spacial score (nSPS) is 10.2. The summed E-state index contributed by atoms with van der Waals surface area (Å²) in [5.74, 6) is 0. The summed E-state index contributed by atoms with van der Waals surface area (Å²) in [6, 6.07) is 9.28. The first kappa shape index (κ1) is 14.1. The quantitative estimate of drug-likeness (QED) is 0.563. The van der Waals surface area contributed by atoms with Crippen molar-refractivity contribution >= 4 is 12.4 Å². The lowest BCUT2D eigenvalue weighted by Crippen LogP contribution is -2.44. The molecule has 1 aromatic rings. The molecule has 1 amide bonds. The zero-order chi connectivity index (χ0) is 13.4. The predicted molar refractivity (Wildman–Crippen MR) is 64.2 cm³/mol. The minimum absolute atomic E-state index is 0.127. The van der Waals surface area contributed by atoms with Crippen LogP contribution >= 0.6 is 0 Å². The van der Waals surface area contributed by atoms with Crippen LogP contribution in [0.15, 0.2) is 30.3 Å². The van der Waals surface area contributed by atoms with Gasteiger partial charge in [0.2, 0.25) is 0 Å². The van der Waals surface area contributed by atoms with E-state index in [1.165, 1.54) is 14.2 Å². The second-order valence-corrected chi connectivity index (χ2v) is 3.44. The van der Waals surface area contributed by atoms with Crippen LogP contribution in [0.4, 0.5) is 4.79 Å². The molecule has 0 saturated heterocycles. The molecule has 0 N–H and O–H groups in total. The van der Waals surface area contributed by atoms with Crippen molar-refractivity contribution in [2.24, 2.45) is 0 Å². The van der Waals surface area contributed by atoms with Crippen molar-refractivity contribution < 1.29 is 19.2 Å². The van der Waals surface area contributed by atoms with E-state index in [-0.39, 0.29) is 13.2 Å². The molecule has 0 bridgehead atoms. The van der Waals surface area contributed by atoms with Crippen molar-refractivity contribution in [2.75, 3.05) is 20.7 Å². The number of carbonyl (C=O) groups excluding carboxylic acids is 2. The maximum Gasteiger partial charge on any atom is 0.427 e. The summed E-state index contributed by atoms with van der Waals surface area (Å²) < 4.78 is 5.07. The van der Waals surface area contributed by atoms with Crippen molar-refractivity contribution in [2.45, 2.75) is 6.61 Å². The van der Waals surface area contributed by atoms with Crippen LogP contribution in [-0.4, -0.2) is 43.3 Å². The van der Waals surface area contributed by atoms with Gasteiger partial charge >= 0.3 is 6.09 Å². The Morgan fingerprint density at radius 2 is 2.00 bits per heavy atom. The van der Waals surface area contributed by atoms with E-state index in [0.717, 1.165) is 15.7 Å². The topological polar surface area (TPSA) is 59.1 Å². The van der Waals surface area contributed by atoms with Crippen LogP contribution in [0.3, 0.4) is 0 Å². The Hall–Kier alpha value is -1.92. The lowest BCUT2D eigenvalue weighted by atomic mass is 10.2. The maximum atomic E-state index is 11.7. The lowest BCUT2D eigenvalue weighted by molar-refractivity contribution is -0.231. The average Bonchev–Trinajstić information content (AvgIpc) is 2.42. The molecule has 0 saturated carbocycles. The second kappa shape index (κ2) is 7.41. The lowest BCUT2D eigenvalue weighted by Gasteiger charge is -2.26. The Labute approximate surface area is 106 Å². The minimum atomic E-state index is -0.643. The fourth-order valence-corrected chi connectivity index (χ4v) is 1.27. The highest BCUT2D eigenvalue weighted by Crippen LogP contribution is 2.04. The Morgan fingerprint density at radius 1 is 1.33 bits per heavy atom. The summed E-state index contributed by atoms with van der Waals surface area (Å²) >= 11 is 0. The van der Waals surface area contributed by atoms with Crippen LogP contribution in [0.5, 0.6) is 0 Å². The zero-order valence-electron chi connectivity index (χ0n) is 10.4. The van der Waals surface area contributed by atoms with E-state index in [1.54, 1.807) is 0 Å². The Kier molecular flexibility index (Phi) is 5.83. The van der Waals surface area contributed by atoms with Gasteiger partial charge in [-0.3, -0.25) is 4.84 Å². The third kappa shape index (κ3) is 4.15. The number of carbonyl (C=O) groups is 2. The number of benzene rings is 1. The number of nitrogens with zero attached hydrogens (tertiary/aromatic N) is 2. The van der Waals surface area contributed by atoms with Gasteiger partial charge in [0.25, 0.3) is 0 Å². The summed E-state index contributed by atoms with van der Waals surface area (Å²) in [7, 11) is 2.90. The van der Waals surface area contributed by atoms with Crippen molar-refractivity contribution in [1.29, 1.82) is 0 Å². The monoisotopic (exact) mass is 252 g/mol. The third-order valence-corrected chi connectivity index (χ3v) is 2.27. The third-order valence-electron chi connectivity index (χ3n) is 2.27. The molecular weight excluding hydrogens is 236 g/mol. The van der Waals surface area contributed by atoms with Gasteiger partial charge in [-0.25, -0.2) is 9.80 Å². The summed E-state index contributed by atoms with van der Waals surface area (Å²) in [5, 5.41) is 2.19. The second-order valence-electron chi connectivity index (χ2n) is 3.44. The van der Waals surface area contributed by atoms with Gasteiger partial charge in [-0.05, 0) is 5.56 Å². The molecule has 0 aliphatic heterocycles. The maximum absolute atomic E-state index is 11.7. The van der Waals surface area contributed by atoms with E-state index in [9.17, 15) is 9.59 Å². The van der Waals surface area contributed by atoms with E-state index in [4.69, 9.17) is 9.57 Å². The number of hydrogen-bond acceptors (Lipinski definition) is 5. The minimum Gasteiger partial charge on any atom is -0.444 e. The van der Waals surface area contributed by atoms with Gasteiger partial charge in [-0.2, -0.15) is 0 Å². The molecule has 0 aromatic heterocycles. The Balaban J connectivity index is 2.54. The Morgan fingerprint density at radius 3 is 2.56 bits per heavy atom. The van der Waals surface area contributed by atoms with Gasteiger partial charge in [-0.1, -0.05) is 35.5 Å². The molecule has 6 heteroatoms. The first-order valence-electron chi connectivity index (χ1n) is 5.38. The zero-order valence-corrected chi connectivity index (χ0v) is 10.4. The van der Waals surface area contributed by atoms with E-state index < -0.39 is 6.09 Å². The molecule has 0 heterocycles. The molecule has 0 spiro atoms. The van der Waals surface area contributed by atoms with Crippen LogP contribution in [0.1, 0.15) is 5.56 Å². The molecule has 6 nitrogen and oxygen atoms in total. The summed E-state index contributed by atoms with van der Waals surface area (Å²) in [4.78, 5) is 27.1. The predicted octanol–water partition coefficient (Wildman–Crippen LogP) is 1.23. The van der Waals surface area contributed by atoms with Crippen molar-refractivity contribution in [1.82, 2.24) is 10.2 Å². The van der Waals surface area contributed by atoms with E-state index in [0.29, 0.717) is 6.29 Å². The van der Waals surface area contributed by atoms with Gasteiger partial charge in [0, 0.05) is 7.05 Å². The molecule has 1 aromatic carbocycles. The number of hydrogen-bond donors (Lipinski definition) is 0. The molecule has 18 heavy (non-hydrogen) atoms. The fourth-order valence-electron chi connectivity index (χ4n) is 1.27. The first-order valence-corrected chi connectivity index (χ1v) is 5.38. The molecule has 98 valence electrons. The van der Waals surface area contributed by atoms with Crippen molar-refractivity contribution in [3.05, 3.63) is 35.9 Å².